The van der Waals surface area contributed by atoms with E-state index in [0.29, 0.717) is 18.5 Å². The molecular formula is C23H20F3N3O6. The first-order valence-corrected chi connectivity index (χ1v) is 10.8. The molecule has 1 aromatic carbocycles. The summed E-state index contributed by atoms with van der Waals surface area (Å²) in [6, 6.07) is 3.79. The number of fused-ring (bicyclic) bond motifs is 1. The first kappa shape index (κ1) is 24.2. The summed E-state index contributed by atoms with van der Waals surface area (Å²) in [5.41, 5.74) is 0.291. The standard InChI is InChI=1S/C23H20F3N3O6/c24-13-9-14(25)20-21(19(13)26)34-11-17(30)16(10-18(31)35-20)28-22(32)12-4-7-29(8-5-12)23(33)15-3-1-2-6-27-15/h1-3,6,9,12,16H,4-5,7-8,10-11H2,(H,28,32). The van der Waals surface area contributed by atoms with Crippen LogP contribution in [0.1, 0.15) is 29.8 Å². The molecule has 1 aromatic heterocycles. The Kier molecular flexibility index (Phi) is 6.99. The summed E-state index contributed by atoms with van der Waals surface area (Å²) in [4.78, 5) is 55.7. The van der Waals surface area contributed by atoms with Crippen LogP contribution in [-0.4, -0.2) is 59.2 Å². The molecule has 1 fully saturated rings. The number of aromatic nitrogens is 1. The summed E-state index contributed by atoms with van der Waals surface area (Å²) in [7, 11) is 0. The zero-order valence-electron chi connectivity index (χ0n) is 18.3. The monoisotopic (exact) mass is 491 g/mol. The van der Waals surface area contributed by atoms with Crippen molar-refractivity contribution < 1.29 is 41.8 Å². The number of halogens is 3. The fourth-order valence-electron chi connectivity index (χ4n) is 3.88. The lowest BCUT2D eigenvalue weighted by atomic mass is 9.94. The van der Waals surface area contributed by atoms with Gasteiger partial charge in [0.15, 0.2) is 17.4 Å². The van der Waals surface area contributed by atoms with Gasteiger partial charge >= 0.3 is 5.97 Å². The van der Waals surface area contributed by atoms with Crippen molar-refractivity contribution in [2.75, 3.05) is 19.7 Å². The van der Waals surface area contributed by atoms with E-state index >= 15 is 0 Å². The number of Topliss-reactive ketones (excluding diaryl/α,β-unsaturated/α-hetero) is 1. The number of amides is 2. The zero-order chi connectivity index (χ0) is 25.1. The Balaban J connectivity index is 1.39. The predicted octanol–water partition coefficient (Wildman–Crippen LogP) is 1.79. The van der Waals surface area contributed by atoms with Crippen molar-refractivity contribution in [3.63, 3.8) is 0 Å². The maximum Gasteiger partial charge on any atom is 0.313 e. The number of nitrogens with one attached hydrogen (secondary N) is 1. The van der Waals surface area contributed by atoms with Gasteiger partial charge in [-0.05, 0) is 25.0 Å². The van der Waals surface area contributed by atoms with E-state index in [-0.39, 0.29) is 25.1 Å². The first-order chi connectivity index (χ1) is 16.7. The van der Waals surface area contributed by atoms with Gasteiger partial charge in [0.2, 0.25) is 23.2 Å². The molecule has 1 atom stereocenters. The summed E-state index contributed by atoms with van der Waals surface area (Å²) in [6.45, 7) is -0.279. The van der Waals surface area contributed by atoms with Crippen LogP contribution in [0.3, 0.4) is 0 Å². The van der Waals surface area contributed by atoms with Crippen molar-refractivity contribution in [3.8, 4) is 11.5 Å². The topological polar surface area (TPSA) is 115 Å². The molecule has 2 aliphatic heterocycles. The third kappa shape index (κ3) is 5.26. The maximum absolute atomic E-state index is 14.0. The molecule has 2 aliphatic rings. The van der Waals surface area contributed by atoms with Crippen molar-refractivity contribution in [1.82, 2.24) is 15.2 Å². The first-order valence-electron chi connectivity index (χ1n) is 10.8. The van der Waals surface area contributed by atoms with Gasteiger partial charge in [0.25, 0.3) is 5.91 Å². The Morgan fingerprint density at radius 1 is 1.06 bits per heavy atom. The lowest BCUT2D eigenvalue weighted by Gasteiger charge is -2.31. The third-order valence-corrected chi connectivity index (χ3v) is 5.77. The molecule has 12 heteroatoms. The van der Waals surface area contributed by atoms with Gasteiger partial charge < -0.3 is 19.7 Å². The summed E-state index contributed by atoms with van der Waals surface area (Å²) < 4.78 is 51.3. The lowest BCUT2D eigenvalue weighted by Crippen LogP contribution is -2.49. The molecular weight excluding hydrogens is 471 g/mol. The number of benzene rings is 1. The number of pyridine rings is 1. The van der Waals surface area contributed by atoms with Crippen LogP contribution in [0.4, 0.5) is 13.2 Å². The number of carbonyl (C=O) groups excluding carboxylic acids is 4. The van der Waals surface area contributed by atoms with Gasteiger partial charge in [-0.25, -0.2) is 8.78 Å². The molecule has 3 heterocycles. The van der Waals surface area contributed by atoms with Crippen molar-refractivity contribution in [2.45, 2.75) is 25.3 Å². The Hall–Kier alpha value is -3.96. The zero-order valence-corrected chi connectivity index (χ0v) is 18.3. The van der Waals surface area contributed by atoms with E-state index in [9.17, 15) is 32.3 Å². The van der Waals surface area contributed by atoms with Gasteiger partial charge in [0.1, 0.15) is 18.3 Å². The number of esters is 1. The Morgan fingerprint density at radius 3 is 2.49 bits per heavy atom. The summed E-state index contributed by atoms with van der Waals surface area (Å²) in [5, 5.41) is 2.46. The van der Waals surface area contributed by atoms with Crippen molar-refractivity contribution in [2.24, 2.45) is 5.92 Å². The molecule has 0 aliphatic carbocycles. The smallest absolute Gasteiger partial charge is 0.313 e. The molecule has 1 unspecified atom stereocenters. The largest absolute Gasteiger partial charge is 0.479 e. The quantitative estimate of drug-likeness (QED) is 0.396. The molecule has 0 radical (unpaired) electrons. The highest BCUT2D eigenvalue weighted by Crippen LogP contribution is 2.36. The van der Waals surface area contributed by atoms with Gasteiger partial charge in [0.05, 0.1) is 6.42 Å². The van der Waals surface area contributed by atoms with E-state index < -0.39 is 71.6 Å². The van der Waals surface area contributed by atoms with E-state index in [1.165, 1.54) is 6.20 Å². The van der Waals surface area contributed by atoms with E-state index in [2.05, 4.69) is 10.3 Å². The second-order valence-corrected chi connectivity index (χ2v) is 8.09. The molecule has 1 saturated heterocycles. The average Bonchev–Trinajstić information content (AvgIpc) is 2.91. The van der Waals surface area contributed by atoms with Gasteiger partial charge in [0, 0.05) is 31.3 Å². The van der Waals surface area contributed by atoms with E-state index in [1.807, 2.05) is 0 Å². The SMILES string of the molecule is O=C1CC(NC(=O)C2CCN(C(=O)c3ccccn3)CC2)C(=O)COc2c(F)c(F)cc(F)c2O1. The van der Waals surface area contributed by atoms with Crippen LogP contribution < -0.4 is 14.8 Å². The number of ketones is 1. The number of piperidine rings is 1. The third-order valence-electron chi connectivity index (χ3n) is 5.77. The van der Waals surface area contributed by atoms with Crippen LogP contribution in [-0.2, 0) is 14.4 Å². The lowest BCUT2D eigenvalue weighted by molar-refractivity contribution is -0.138. The number of hydrogen-bond acceptors (Lipinski definition) is 7. The average molecular weight is 491 g/mol. The van der Waals surface area contributed by atoms with Crippen LogP contribution >= 0.6 is 0 Å². The molecule has 2 amide bonds. The van der Waals surface area contributed by atoms with E-state index in [0.717, 1.165) is 0 Å². The molecule has 4 rings (SSSR count). The Morgan fingerprint density at radius 2 is 1.80 bits per heavy atom. The predicted molar refractivity (Wildman–Crippen MR) is 112 cm³/mol. The number of hydrogen-bond donors (Lipinski definition) is 1. The minimum absolute atomic E-state index is 0.189. The molecule has 1 N–H and O–H groups in total. The second-order valence-electron chi connectivity index (χ2n) is 8.09. The Bertz CT molecular complexity index is 1170. The number of rotatable bonds is 3. The van der Waals surface area contributed by atoms with Crippen LogP contribution in [0.5, 0.6) is 11.5 Å². The highest BCUT2D eigenvalue weighted by molar-refractivity contribution is 5.95. The highest BCUT2D eigenvalue weighted by Gasteiger charge is 2.34. The molecule has 0 spiro atoms. The van der Waals surface area contributed by atoms with Crippen LogP contribution in [0.15, 0.2) is 30.5 Å². The fourth-order valence-corrected chi connectivity index (χ4v) is 3.88. The van der Waals surface area contributed by atoms with Gasteiger partial charge in [-0.15, -0.1) is 0 Å². The van der Waals surface area contributed by atoms with Crippen LogP contribution in [0, 0.1) is 23.4 Å². The molecule has 9 nitrogen and oxygen atoms in total. The van der Waals surface area contributed by atoms with Crippen LogP contribution in [0.25, 0.3) is 0 Å². The molecule has 0 bridgehead atoms. The van der Waals surface area contributed by atoms with Gasteiger partial charge in [-0.2, -0.15) is 4.39 Å². The number of nitrogens with zero attached hydrogens (tertiary/aromatic N) is 2. The van der Waals surface area contributed by atoms with E-state index in [4.69, 9.17) is 9.47 Å². The fraction of sp³-hybridized carbons (Fsp3) is 0.348. The van der Waals surface area contributed by atoms with Crippen molar-refractivity contribution in [3.05, 3.63) is 53.6 Å². The number of carbonyl (C=O) groups is 4. The van der Waals surface area contributed by atoms with Gasteiger partial charge in [-0.3, -0.25) is 24.2 Å². The number of ether oxygens (including phenoxy) is 2. The minimum atomic E-state index is -1.61. The molecule has 0 saturated carbocycles. The van der Waals surface area contributed by atoms with Crippen molar-refractivity contribution >= 4 is 23.6 Å². The van der Waals surface area contributed by atoms with Crippen LogP contribution in [0.2, 0.25) is 0 Å². The summed E-state index contributed by atoms with van der Waals surface area (Å²) >= 11 is 0. The highest BCUT2D eigenvalue weighted by atomic mass is 19.2. The Labute approximate surface area is 197 Å². The minimum Gasteiger partial charge on any atom is -0.479 e. The number of likely N-dealkylation sites (tertiary alicyclic amines) is 1. The normalized spacial score (nSPS) is 18.9. The summed E-state index contributed by atoms with van der Waals surface area (Å²) in [5.74, 6) is -9.87. The van der Waals surface area contributed by atoms with Gasteiger partial charge in [-0.1, -0.05) is 6.07 Å². The summed E-state index contributed by atoms with van der Waals surface area (Å²) in [6.07, 6.45) is 1.47. The molecule has 35 heavy (non-hydrogen) atoms. The molecule has 184 valence electrons. The van der Waals surface area contributed by atoms with Crippen molar-refractivity contribution in [1.29, 1.82) is 0 Å². The second kappa shape index (κ2) is 10.1. The van der Waals surface area contributed by atoms with E-state index in [1.54, 1.807) is 23.1 Å². The molecule has 2 aromatic rings. The maximum atomic E-state index is 14.0.